The number of amides is 1. The van der Waals surface area contributed by atoms with Crippen LogP contribution in [0.5, 0.6) is 0 Å². The second-order valence-electron chi connectivity index (χ2n) is 3.64. The average molecular weight is 273 g/mol. The number of nitrogens with one attached hydrogen (secondary N) is 1. The third-order valence-electron chi connectivity index (χ3n) is 2.21. The number of hydrogen-bond donors (Lipinski definition) is 2. The Morgan fingerprint density at radius 2 is 2.16 bits per heavy atom. The van der Waals surface area contributed by atoms with Gasteiger partial charge in [0, 0.05) is 22.7 Å². The van der Waals surface area contributed by atoms with Crippen molar-refractivity contribution in [3.8, 4) is 11.8 Å². The fraction of sp³-hybridized carbons (Fsp3) is 0.154. The Morgan fingerprint density at radius 3 is 2.74 bits per heavy atom. The standard InChI is InChI=1S/C13H11N3O2S/c1-9-14-13(19-16-9)15-12(18)11-6-4-10(5-7-11)3-2-8-17/h4-7,17H,8H2,1H3,(H,14,15,16,18). The van der Waals surface area contributed by atoms with E-state index in [2.05, 4.69) is 26.5 Å². The van der Waals surface area contributed by atoms with Crippen LogP contribution in [0, 0.1) is 18.8 Å². The molecule has 0 radical (unpaired) electrons. The second kappa shape index (κ2) is 6.09. The van der Waals surface area contributed by atoms with Crippen molar-refractivity contribution >= 4 is 22.6 Å². The smallest absolute Gasteiger partial charge is 0.257 e. The zero-order chi connectivity index (χ0) is 13.7. The predicted octanol–water partition coefficient (Wildman–Crippen LogP) is 1.44. The zero-order valence-corrected chi connectivity index (χ0v) is 11.0. The van der Waals surface area contributed by atoms with Crippen molar-refractivity contribution in [2.75, 3.05) is 11.9 Å². The Hall–Kier alpha value is -2.23. The molecule has 0 atom stereocenters. The van der Waals surface area contributed by atoms with Crippen LogP contribution in [0.2, 0.25) is 0 Å². The number of rotatable bonds is 2. The Labute approximate surface area is 114 Å². The van der Waals surface area contributed by atoms with E-state index in [0.29, 0.717) is 16.5 Å². The quantitative estimate of drug-likeness (QED) is 0.812. The van der Waals surface area contributed by atoms with Gasteiger partial charge in [-0.1, -0.05) is 11.8 Å². The predicted molar refractivity (Wildman–Crippen MR) is 73.0 cm³/mol. The summed E-state index contributed by atoms with van der Waals surface area (Å²) in [4.78, 5) is 16.0. The maximum absolute atomic E-state index is 11.9. The van der Waals surface area contributed by atoms with Gasteiger partial charge in [0.25, 0.3) is 5.91 Å². The fourth-order valence-corrected chi connectivity index (χ4v) is 1.93. The first kappa shape index (κ1) is 13.2. The molecule has 19 heavy (non-hydrogen) atoms. The molecule has 0 spiro atoms. The number of carbonyl (C=O) groups is 1. The molecular weight excluding hydrogens is 262 g/mol. The van der Waals surface area contributed by atoms with Crippen molar-refractivity contribution in [1.29, 1.82) is 0 Å². The fourth-order valence-electron chi connectivity index (χ4n) is 1.36. The van der Waals surface area contributed by atoms with Gasteiger partial charge in [-0.3, -0.25) is 10.1 Å². The summed E-state index contributed by atoms with van der Waals surface area (Å²) in [5.41, 5.74) is 1.26. The molecule has 0 aliphatic carbocycles. The number of benzene rings is 1. The first-order valence-corrected chi connectivity index (χ1v) is 6.28. The van der Waals surface area contributed by atoms with E-state index in [1.54, 1.807) is 31.2 Å². The van der Waals surface area contributed by atoms with Crippen LogP contribution in [0.4, 0.5) is 5.13 Å². The SMILES string of the molecule is Cc1nsc(NC(=O)c2ccc(C#CCO)cc2)n1. The van der Waals surface area contributed by atoms with Gasteiger partial charge < -0.3 is 5.11 Å². The molecule has 0 saturated heterocycles. The molecule has 5 nitrogen and oxygen atoms in total. The van der Waals surface area contributed by atoms with Crippen LogP contribution in [0.25, 0.3) is 0 Å². The van der Waals surface area contributed by atoms with E-state index in [0.717, 1.165) is 17.1 Å². The molecule has 1 heterocycles. The summed E-state index contributed by atoms with van der Waals surface area (Å²) in [5.74, 6) is 5.70. The monoisotopic (exact) mass is 273 g/mol. The molecule has 1 amide bonds. The lowest BCUT2D eigenvalue weighted by Crippen LogP contribution is -2.11. The summed E-state index contributed by atoms with van der Waals surface area (Å²) >= 11 is 1.14. The van der Waals surface area contributed by atoms with Crippen molar-refractivity contribution in [2.24, 2.45) is 0 Å². The van der Waals surface area contributed by atoms with E-state index >= 15 is 0 Å². The van der Waals surface area contributed by atoms with Gasteiger partial charge in [-0.2, -0.15) is 4.37 Å². The summed E-state index contributed by atoms with van der Waals surface area (Å²) < 4.78 is 3.99. The summed E-state index contributed by atoms with van der Waals surface area (Å²) in [6.45, 7) is 1.58. The highest BCUT2D eigenvalue weighted by Gasteiger charge is 2.08. The summed E-state index contributed by atoms with van der Waals surface area (Å²) in [5, 5.41) is 11.7. The van der Waals surface area contributed by atoms with E-state index in [4.69, 9.17) is 5.11 Å². The van der Waals surface area contributed by atoms with Gasteiger partial charge in [0.15, 0.2) is 0 Å². The molecule has 6 heteroatoms. The Bertz CT molecular complexity index is 638. The van der Waals surface area contributed by atoms with Gasteiger partial charge in [0.1, 0.15) is 12.4 Å². The summed E-state index contributed by atoms with van der Waals surface area (Å²) in [7, 11) is 0. The van der Waals surface area contributed by atoms with Gasteiger partial charge in [-0.25, -0.2) is 4.98 Å². The van der Waals surface area contributed by atoms with Gasteiger partial charge in [0.05, 0.1) is 0 Å². The van der Waals surface area contributed by atoms with Gasteiger partial charge in [-0.05, 0) is 31.2 Å². The highest BCUT2D eigenvalue weighted by Crippen LogP contribution is 2.12. The zero-order valence-electron chi connectivity index (χ0n) is 10.2. The molecule has 1 aromatic carbocycles. The third-order valence-corrected chi connectivity index (χ3v) is 2.93. The molecule has 0 unspecified atom stereocenters. The van der Waals surface area contributed by atoms with Gasteiger partial charge >= 0.3 is 0 Å². The molecule has 0 aliphatic rings. The van der Waals surface area contributed by atoms with E-state index in [1.165, 1.54) is 0 Å². The second-order valence-corrected chi connectivity index (χ2v) is 4.39. The molecule has 1 aromatic heterocycles. The van der Waals surface area contributed by atoms with E-state index in [9.17, 15) is 4.79 Å². The van der Waals surface area contributed by atoms with Crippen LogP contribution in [0.1, 0.15) is 21.7 Å². The molecule has 0 fully saturated rings. The lowest BCUT2D eigenvalue weighted by atomic mass is 10.1. The molecule has 2 aromatic rings. The molecule has 96 valence electrons. The molecule has 2 rings (SSSR count). The number of nitrogens with zero attached hydrogens (tertiary/aromatic N) is 2. The number of aliphatic hydroxyl groups excluding tert-OH is 1. The number of aliphatic hydroxyl groups is 1. The average Bonchev–Trinajstić information content (AvgIpc) is 2.82. The third kappa shape index (κ3) is 3.61. The largest absolute Gasteiger partial charge is 0.384 e. The topological polar surface area (TPSA) is 75.1 Å². The lowest BCUT2D eigenvalue weighted by molar-refractivity contribution is 0.102. The van der Waals surface area contributed by atoms with E-state index in [-0.39, 0.29) is 12.5 Å². The molecule has 0 aliphatic heterocycles. The van der Waals surface area contributed by atoms with Crippen molar-refractivity contribution in [3.05, 3.63) is 41.2 Å². The number of carbonyl (C=O) groups excluding carboxylic acids is 1. The molecule has 2 N–H and O–H groups in total. The number of anilines is 1. The Morgan fingerprint density at radius 1 is 1.42 bits per heavy atom. The van der Waals surface area contributed by atoms with Crippen LogP contribution < -0.4 is 5.32 Å². The van der Waals surface area contributed by atoms with Gasteiger partial charge in [-0.15, -0.1) is 0 Å². The summed E-state index contributed by atoms with van der Waals surface area (Å²) in [6, 6.07) is 6.79. The number of aryl methyl sites for hydroxylation is 1. The maximum Gasteiger partial charge on any atom is 0.257 e. The van der Waals surface area contributed by atoms with Crippen molar-refractivity contribution in [2.45, 2.75) is 6.92 Å². The number of hydrogen-bond acceptors (Lipinski definition) is 5. The minimum absolute atomic E-state index is 0.182. The van der Waals surface area contributed by atoms with E-state index in [1.807, 2.05) is 0 Å². The molecule has 0 saturated carbocycles. The van der Waals surface area contributed by atoms with Crippen LogP contribution in [-0.4, -0.2) is 27.0 Å². The number of aromatic nitrogens is 2. The Balaban J connectivity index is 2.07. The van der Waals surface area contributed by atoms with Crippen molar-refractivity contribution in [3.63, 3.8) is 0 Å². The molecule has 0 bridgehead atoms. The van der Waals surface area contributed by atoms with Crippen LogP contribution in [0.3, 0.4) is 0 Å². The van der Waals surface area contributed by atoms with Crippen molar-refractivity contribution in [1.82, 2.24) is 9.36 Å². The minimum Gasteiger partial charge on any atom is -0.384 e. The minimum atomic E-state index is -0.238. The normalized spacial score (nSPS) is 9.58. The maximum atomic E-state index is 11.9. The molecular formula is C13H11N3O2S. The lowest BCUT2D eigenvalue weighted by Gasteiger charge is -2.01. The first-order chi connectivity index (χ1) is 9.19. The van der Waals surface area contributed by atoms with Crippen molar-refractivity contribution < 1.29 is 9.90 Å². The summed E-state index contributed by atoms with van der Waals surface area (Å²) in [6.07, 6.45) is 0. The van der Waals surface area contributed by atoms with Crippen LogP contribution in [-0.2, 0) is 0 Å². The van der Waals surface area contributed by atoms with E-state index < -0.39 is 0 Å². The first-order valence-electron chi connectivity index (χ1n) is 5.50. The highest BCUT2D eigenvalue weighted by atomic mass is 32.1. The Kier molecular flexibility index (Phi) is 4.23. The highest BCUT2D eigenvalue weighted by molar-refractivity contribution is 7.09. The van der Waals surface area contributed by atoms with Gasteiger partial charge in [0.2, 0.25) is 5.13 Å². The van der Waals surface area contributed by atoms with Crippen LogP contribution in [0.15, 0.2) is 24.3 Å². The van der Waals surface area contributed by atoms with Crippen LogP contribution >= 0.6 is 11.5 Å².